The molecule has 1 aromatic heterocycles. The zero-order valence-corrected chi connectivity index (χ0v) is 12.4. The van der Waals surface area contributed by atoms with Crippen LogP contribution in [0, 0.1) is 6.92 Å². The van der Waals surface area contributed by atoms with Gasteiger partial charge in [-0.3, -0.25) is 0 Å². The lowest BCUT2D eigenvalue weighted by molar-refractivity contribution is 1.41. The molecule has 0 saturated heterocycles. The van der Waals surface area contributed by atoms with Gasteiger partial charge in [0, 0.05) is 27.4 Å². The number of aromatic nitrogens is 1. The van der Waals surface area contributed by atoms with Crippen LogP contribution in [0.25, 0.3) is 32.9 Å². The van der Waals surface area contributed by atoms with Crippen LogP contribution in [0.1, 0.15) is 5.56 Å². The number of nitrogens with zero attached hydrogens (tertiary/aromatic N) is 1. The van der Waals surface area contributed by atoms with Gasteiger partial charge in [-0.1, -0.05) is 60.2 Å². The van der Waals surface area contributed by atoms with Crippen molar-refractivity contribution < 1.29 is 0 Å². The van der Waals surface area contributed by atoms with Gasteiger partial charge in [0.15, 0.2) is 0 Å². The monoisotopic (exact) mass is 284 g/mol. The summed E-state index contributed by atoms with van der Waals surface area (Å²) in [6, 6.07) is 22.7. The number of nitrogen functional groups attached to an aromatic ring is 1. The smallest absolute Gasteiger partial charge is 0.0788 e. The zero-order chi connectivity index (χ0) is 15.1. The van der Waals surface area contributed by atoms with Crippen molar-refractivity contribution in [2.45, 2.75) is 6.92 Å². The van der Waals surface area contributed by atoms with Crippen LogP contribution >= 0.6 is 0 Å². The zero-order valence-electron chi connectivity index (χ0n) is 12.4. The molecule has 0 aliphatic heterocycles. The van der Waals surface area contributed by atoms with Crippen LogP contribution in [0.3, 0.4) is 0 Å². The van der Waals surface area contributed by atoms with E-state index in [2.05, 4.69) is 43.3 Å². The van der Waals surface area contributed by atoms with E-state index in [1.807, 2.05) is 30.3 Å². The maximum absolute atomic E-state index is 6.27. The highest BCUT2D eigenvalue weighted by Gasteiger charge is 2.11. The van der Waals surface area contributed by atoms with Gasteiger partial charge in [-0.15, -0.1) is 0 Å². The minimum atomic E-state index is 0.796. The number of rotatable bonds is 1. The third kappa shape index (κ3) is 1.92. The van der Waals surface area contributed by atoms with Crippen molar-refractivity contribution in [2.24, 2.45) is 0 Å². The summed E-state index contributed by atoms with van der Waals surface area (Å²) in [7, 11) is 0. The first kappa shape index (κ1) is 12.8. The molecule has 0 saturated carbocycles. The highest BCUT2D eigenvalue weighted by atomic mass is 14.7. The van der Waals surface area contributed by atoms with Gasteiger partial charge in [-0.05, 0) is 19.1 Å². The fourth-order valence-corrected chi connectivity index (χ4v) is 2.96. The number of hydrogen-bond acceptors (Lipinski definition) is 2. The lowest BCUT2D eigenvalue weighted by Crippen LogP contribution is -1.93. The first-order chi connectivity index (χ1) is 10.7. The number of anilines is 1. The van der Waals surface area contributed by atoms with E-state index in [0.29, 0.717) is 0 Å². The molecule has 0 aliphatic rings. The molecule has 3 aromatic carbocycles. The highest BCUT2D eigenvalue weighted by molar-refractivity contribution is 6.15. The van der Waals surface area contributed by atoms with E-state index in [9.17, 15) is 0 Å². The molecule has 2 nitrogen and oxygen atoms in total. The molecular weight excluding hydrogens is 268 g/mol. The van der Waals surface area contributed by atoms with Gasteiger partial charge in [-0.2, -0.15) is 0 Å². The average Bonchev–Trinajstić information content (AvgIpc) is 2.55. The molecule has 106 valence electrons. The molecule has 22 heavy (non-hydrogen) atoms. The van der Waals surface area contributed by atoms with Crippen molar-refractivity contribution in [1.29, 1.82) is 0 Å². The molecule has 4 aromatic rings. The van der Waals surface area contributed by atoms with Crippen molar-refractivity contribution in [3.05, 3.63) is 72.3 Å². The van der Waals surface area contributed by atoms with Gasteiger partial charge in [0.2, 0.25) is 0 Å². The van der Waals surface area contributed by atoms with E-state index in [1.165, 1.54) is 5.56 Å². The third-order valence-corrected chi connectivity index (χ3v) is 4.08. The van der Waals surface area contributed by atoms with Crippen LogP contribution < -0.4 is 5.73 Å². The number of fused-ring (bicyclic) bond motifs is 3. The Morgan fingerprint density at radius 1 is 0.773 bits per heavy atom. The molecule has 0 bridgehead atoms. The van der Waals surface area contributed by atoms with Crippen LogP contribution in [-0.4, -0.2) is 4.98 Å². The molecule has 0 atom stereocenters. The summed E-state index contributed by atoms with van der Waals surface area (Å²) >= 11 is 0. The Morgan fingerprint density at radius 3 is 2.32 bits per heavy atom. The van der Waals surface area contributed by atoms with Gasteiger partial charge in [0.05, 0.1) is 11.2 Å². The first-order valence-corrected chi connectivity index (χ1v) is 7.38. The van der Waals surface area contributed by atoms with E-state index in [1.54, 1.807) is 0 Å². The second kappa shape index (κ2) is 4.85. The number of pyridine rings is 1. The maximum Gasteiger partial charge on any atom is 0.0788 e. The summed E-state index contributed by atoms with van der Waals surface area (Å²) in [6.07, 6.45) is 0. The summed E-state index contributed by atoms with van der Waals surface area (Å²) in [5.41, 5.74) is 11.4. The fraction of sp³-hybridized carbons (Fsp3) is 0.0500. The second-order valence-electron chi connectivity index (χ2n) is 5.61. The van der Waals surface area contributed by atoms with Gasteiger partial charge >= 0.3 is 0 Å². The molecular formula is C20H16N2. The standard InChI is InChI=1S/C20H16N2/c1-13-9-11-14(12-10-13)20-16-6-4-7-17(21)19(16)15-5-2-3-8-18(15)22-20/h2-12H,21H2,1H3. The van der Waals surface area contributed by atoms with Crippen LogP contribution in [0.4, 0.5) is 5.69 Å². The summed E-state index contributed by atoms with van der Waals surface area (Å²) < 4.78 is 0. The first-order valence-electron chi connectivity index (χ1n) is 7.38. The normalized spacial score (nSPS) is 11.1. The molecule has 0 amide bonds. The Hall–Kier alpha value is -2.87. The number of hydrogen-bond donors (Lipinski definition) is 1. The van der Waals surface area contributed by atoms with Gasteiger partial charge in [0.25, 0.3) is 0 Å². The van der Waals surface area contributed by atoms with E-state index >= 15 is 0 Å². The topological polar surface area (TPSA) is 38.9 Å². The fourth-order valence-electron chi connectivity index (χ4n) is 2.96. The predicted molar refractivity (Wildman–Crippen MR) is 93.8 cm³/mol. The predicted octanol–water partition coefficient (Wildman–Crippen LogP) is 4.95. The van der Waals surface area contributed by atoms with Crippen molar-refractivity contribution in [3.63, 3.8) is 0 Å². The maximum atomic E-state index is 6.27. The summed E-state index contributed by atoms with van der Waals surface area (Å²) in [5.74, 6) is 0. The average molecular weight is 284 g/mol. The Bertz CT molecular complexity index is 986. The van der Waals surface area contributed by atoms with Crippen molar-refractivity contribution in [3.8, 4) is 11.3 Å². The van der Waals surface area contributed by atoms with E-state index < -0.39 is 0 Å². The second-order valence-corrected chi connectivity index (χ2v) is 5.61. The quantitative estimate of drug-likeness (QED) is 0.397. The molecule has 1 heterocycles. The van der Waals surface area contributed by atoms with Crippen molar-refractivity contribution >= 4 is 27.4 Å². The minimum absolute atomic E-state index is 0.796. The third-order valence-electron chi connectivity index (χ3n) is 4.08. The summed E-state index contributed by atoms with van der Waals surface area (Å²) in [6.45, 7) is 2.09. The van der Waals surface area contributed by atoms with E-state index in [-0.39, 0.29) is 0 Å². The largest absolute Gasteiger partial charge is 0.398 e. The Morgan fingerprint density at radius 2 is 1.50 bits per heavy atom. The van der Waals surface area contributed by atoms with Gasteiger partial charge in [-0.25, -0.2) is 4.98 Å². The van der Waals surface area contributed by atoms with Gasteiger partial charge in [0.1, 0.15) is 0 Å². The molecule has 0 aliphatic carbocycles. The lowest BCUT2D eigenvalue weighted by atomic mass is 9.98. The Balaban J connectivity index is 2.17. The summed E-state index contributed by atoms with van der Waals surface area (Å²) in [4.78, 5) is 4.89. The lowest BCUT2D eigenvalue weighted by Gasteiger charge is -2.12. The Labute approximate surface area is 129 Å². The van der Waals surface area contributed by atoms with Crippen molar-refractivity contribution in [1.82, 2.24) is 4.98 Å². The van der Waals surface area contributed by atoms with Crippen LogP contribution in [0.2, 0.25) is 0 Å². The minimum Gasteiger partial charge on any atom is -0.398 e. The number of aryl methyl sites for hydroxylation is 1. The molecule has 2 N–H and O–H groups in total. The molecule has 4 rings (SSSR count). The van der Waals surface area contributed by atoms with E-state index in [4.69, 9.17) is 10.7 Å². The van der Waals surface area contributed by atoms with Crippen molar-refractivity contribution in [2.75, 3.05) is 5.73 Å². The molecule has 0 radical (unpaired) electrons. The molecule has 0 fully saturated rings. The van der Waals surface area contributed by atoms with Gasteiger partial charge < -0.3 is 5.73 Å². The highest BCUT2D eigenvalue weighted by Crippen LogP contribution is 2.35. The molecule has 0 unspecified atom stereocenters. The van der Waals surface area contributed by atoms with Crippen LogP contribution in [-0.2, 0) is 0 Å². The number of nitrogens with two attached hydrogens (primary N) is 1. The number of benzene rings is 3. The van der Waals surface area contributed by atoms with Crippen LogP contribution in [0.15, 0.2) is 66.7 Å². The SMILES string of the molecule is Cc1ccc(-c2nc3ccccc3c3c(N)cccc23)cc1. The molecule has 0 spiro atoms. The molecule has 2 heteroatoms. The summed E-state index contributed by atoms with van der Waals surface area (Å²) in [5, 5.41) is 3.29. The Kier molecular flexibility index (Phi) is 2.83. The van der Waals surface area contributed by atoms with Crippen LogP contribution in [0.5, 0.6) is 0 Å². The van der Waals surface area contributed by atoms with E-state index in [0.717, 1.165) is 38.6 Å². The number of para-hydroxylation sites is 1.